The van der Waals surface area contributed by atoms with Crippen LogP contribution in [0.2, 0.25) is 10.0 Å². The van der Waals surface area contributed by atoms with Gasteiger partial charge in [0.25, 0.3) is 0 Å². The second-order valence-electron chi connectivity index (χ2n) is 4.58. The first kappa shape index (κ1) is 14.9. The van der Waals surface area contributed by atoms with Crippen molar-refractivity contribution in [2.24, 2.45) is 0 Å². The van der Waals surface area contributed by atoms with Gasteiger partial charge >= 0.3 is 0 Å². The van der Waals surface area contributed by atoms with E-state index in [0.717, 1.165) is 17.7 Å². The molecule has 4 heteroatoms. The van der Waals surface area contributed by atoms with Gasteiger partial charge in [0.2, 0.25) is 0 Å². The fourth-order valence-electron chi connectivity index (χ4n) is 1.87. The SMILES string of the molecule is CC(NCc1ccc(C#N)cc1)c1ccc(Cl)c(Cl)c1. The van der Waals surface area contributed by atoms with Crippen LogP contribution < -0.4 is 5.32 Å². The smallest absolute Gasteiger partial charge is 0.0991 e. The van der Waals surface area contributed by atoms with Crippen molar-refractivity contribution in [3.63, 3.8) is 0 Å². The van der Waals surface area contributed by atoms with E-state index in [0.29, 0.717) is 15.6 Å². The third-order valence-electron chi connectivity index (χ3n) is 3.14. The molecule has 0 aromatic heterocycles. The van der Waals surface area contributed by atoms with E-state index in [4.69, 9.17) is 28.5 Å². The summed E-state index contributed by atoms with van der Waals surface area (Å²) in [5, 5.41) is 13.3. The van der Waals surface area contributed by atoms with Crippen molar-refractivity contribution in [2.45, 2.75) is 19.5 Å². The first-order valence-electron chi connectivity index (χ1n) is 6.27. The van der Waals surface area contributed by atoms with Gasteiger partial charge in [-0.3, -0.25) is 0 Å². The van der Waals surface area contributed by atoms with Crippen LogP contribution in [0.5, 0.6) is 0 Å². The van der Waals surface area contributed by atoms with Crippen molar-refractivity contribution in [2.75, 3.05) is 0 Å². The molecule has 0 saturated heterocycles. The van der Waals surface area contributed by atoms with Gasteiger partial charge in [-0.1, -0.05) is 41.4 Å². The molecular formula is C16H14Cl2N2. The molecule has 0 amide bonds. The first-order chi connectivity index (χ1) is 9.60. The third kappa shape index (κ3) is 3.74. The minimum absolute atomic E-state index is 0.167. The van der Waals surface area contributed by atoms with Gasteiger partial charge in [0.1, 0.15) is 0 Å². The van der Waals surface area contributed by atoms with Crippen molar-refractivity contribution in [3.05, 3.63) is 69.2 Å². The second-order valence-corrected chi connectivity index (χ2v) is 5.40. The number of nitrogens with zero attached hydrogens (tertiary/aromatic N) is 1. The highest BCUT2D eigenvalue weighted by Crippen LogP contribution is 2.25. The Bertz CT molecular complexity index is 630. The molecule has 2 rings (SSSR count). The van der Waals surface area contributed by atoms with Crippen molar-refractivity contribution in [1.82, 2.24) is 5.32 Å². The third-order valence-corrected chi connectivity index (χ3v) is 3.88. The van der Waals surface area contributed by atoms with E-state index in [1.165, 1.54) is 0 Å². The number of hydrogen-bond acceptors (Lipinski definition) is 2. The lowest BCUT2D eigenvalue weighted by Crippen LogP contribution is -2.18. The van der Waals surface area contributed by atoms with Gasteiger partial charge in [0, 0.05) is 12.6 Å². The average Bonchev–Trinajstić information content (AvgIpc) is 2.48. The Morgan fingerprint density at radius 1 is 1.10 bits per heavy atom. The van der Waals surface area contributed by atoms with Crippen molar-refractivity contribution >= 4 is 23.2 Å². The van der Waals surface area contributed by atoms with E-state index >= 15 is 0 Å². The molecule has 2 nitrogen and oxygen atoms in total. The molecule has 1 N–H and O–H groups in total. The van der Waals surface area contributed by atoms with E-state index in [1.807, 2.05) is 36.4 Å². The summed E-state index contributed by atoms with van der Waals surface area (Å²) in [4.78, 5) is 0. The zero-order chi connectivity index (χ0) is 14.5. The molecule has 0 spiro atoms. The van der Waals surface area contributed by atoms with Gasteiger partial charge in [-0.2, -0.15) is 5.26 Å². The van der Waals surface area contributed by atoms with Crippen LogP contribution in [-0.4, -0.2) is 0 Å². The van der Waals surface area contributed by atoms with Crippen LogP contribution in [0, 0.1) is 11.3 Å². The highest BCUT2D eigenvalue weighted by Gasteiger charge is 2.07. The second kappa shape index (κ2) is 6.76. The van der Waals surface area contributed by atoms with Crippen LogP contribution in [0.25, 0.3) is 0 Å². The molecule has 0 saturated carbocycles. The number of hydrogen-bond donors (Lipinski definition) is 1. The lowest BCUT2D eigenvalue weighted by molar-refractivity contribution is 0.575. The molecule has 0 bridgehead atoms. The van der Waals surface area contributed by atoms with E-state index < -0.39 is 0 Å². The van der Waals surface area contributed by atoms with Gasteiger partial charge in [-0.25, -0.2) is 0 Å². The highest BCUT2D eigenvalue weighted by atomic mass is 35.5. The summed E-state index contributed by atoms with van der Waals surface area (Å²) in [5.41, 5.74) is 2.90. The molecular weight excluding hydrogens is 291 g/mol. The van der Waals surface area contributed by atoms with Gasteiger partial charge in [-0.15, -0.1) is 0 Å². The van der Waals surface area contributed by atoms with Gasteiger partial charge in [0.15, 0.2) is 0 Å². The maximum Gasteiger partial charge on any atom is 0.0991 e. The van der Waals surface area contributed by atoms with E-state index in [2.05, 4.69) is 18.3 Å². The molecule has 0 heterocycles. The van der Waals surface area contributed by atoms with Crippen molar-refractivity contribution in [1.29, 1.82) is 5.26 Å². The summed E-state index contributed by atoms with van der Waals surface area (Å²) in [6, 6.07) is 15.5. The Morgan fingerprint density at radius 3 is 2.40 bits per heavy atom. The number of nitrogens with one attached hydrogen (secondary N) is 1. The maximum atomic E-state index is 8.75. The minimum atomic E-state index is 0.167. The highest BCUT2D eigenvalue weighted by molar-refractivity contribution is 6.42. The maximum absolute atomic E-state index is 8.75. The van der Waals surface area contributed by atoms with Gasteiger partial charge in [-0.05, 0) is 42.3 Å². The Labute approximate surface area is 128 Å². The molecule has 20 heavy (non-hydrogen) atoms. The molecule has 0 aliphatic rings. The van der Waals surface area contributed by atoms with Crippen molar-refractivity contribution < 1.29 is 0 Å². The molecule has 0 aliphatic carbocycles. The zero-order valence-corrected chi connectivity index (χ0v) is 12.5. The topological polar surface area (TPSA) is 35.8 Å². The largest absolute Gasteiger partial charge is 0.306 e. The molecule has 0 aliphatic heterocycles. The standard InChI is InChI=1S/C16H14Cl2N2/c1-11(14-6-7-15(17)16(18)8-14)20-10-13-4-2-12(9-19)3-5-13/h2-8,11,20H,10H2,1H3. The molecule has 102 valence electrons. The minimum Gasteiger partial charge on any atom is -0.306 e. The van der Waals surface area contributed by atoms with Crippen LogP contribution in [-0.2, 0) is 6.54 Å². The fraction of sp³-hybridized carbons (Fsp3) is 0.188. The molecule has 1 atom stereocenters. The Hall–Kier alpha value is -1.53. The summed E-state index contributed by atoms with van der Waals surface area (Å²) in [6.45, 7) is 2.80. The lowest BCUT2D eigenvalue weighted by Gasteiger charge is -2.15. The zero-order valence-electron chi connectivity index (χ0n) is 11.0. The summed E-state index contributed by atoms with van der Waals surface area (Å²) >= 11 is 11.9. The van der Waals surface area contributed by atoms with Gasteiger partial charge < -0.3 is 5.32 Å². The fourth-order valence-corrected chi connectivity index (χ4v) is 2.17. The Kier molecular flexibility index (Phi) is 5.03. The van der Waals surface area contributed by atoms with E-state index in [9.17, 15) is 0 Å². The Morgan fingerprint density at radius 2 is 1.80 bits per heavy atom. The molecule has 2 aromatic rings. The van der Waals surface area contributed by atoms with Crippen LogP contribution in [0.4, 0.5) is 0 Å². The lowest BCUT2D eigenvalue weighted by atomic mass is 10.1. The molecule has 2 aromatic carbocycles. The molecule has 0 fully saturated rings. The summed E-state index contributed by atoms with van der Waals surface area (Å²) in [7, 11) is 0. The van der Waals surface area contributed by atoms with E-state index in [-0.39, 0.29) is 6.04 Å². The quantitative estimate of drug-likeness (QED) is 0.887. The normalized spacial score (nSPS) is 11.9. The average molecular weight is 305 g/mol. The summed E-state index contributed by atoms with van der Waals surface area (Å²) in [6.07, 6.45) is 0. The van der Waals surface area contributed by atoms with E-state index in [1.54, 1.807) is 6.07 Å². The number of nitriles is 1. The van der Waals surface area contributed by atoms with Crippen LogP contribution in [0.15, 0.2) is 42.5 Å². The predicted octanol–water partition coefficient (Wildman–Crippen LogP) is 4.72. The van der Waals surface area contributed by atoms with Crippen molar-refractivity contribution in [3.8, 4) is 6.07 Å². The summed E-state index contributed by atoms with van der Waals surface area (Å²) < 4.78 is 0. The van der Waals surface area contributed by atoms with Gasteiger partial charge in [0.05, 0.1) is 21.7 Å². The Balaban J connectivity index is 1.99. The number of rotatable bonds is 4. The van der Waals surface area contributed by atoms with Crippen LogP contribution >= 0.6 is 23.2 Å². The van der Waals surface area contributed by atoms with Crippen LogP contribution in [0.1, 0.15) is 29.7 Å². The number of benzene rings is 2. The number of halogens is 2. The summed E-state index contributed by atoms with van der Waals surface area (Å²) in [5.74, 6) is 0. The first-order valence-corrected chi connectivity index (χ1v) is 7.03. The molecule has 0 radical (unpaired) electrons. The van der Waals surface area contributed by atoms with Crippen LogP contribution in [0.3, 0.4) is 0 Å². The molecule has 1 unspecified atom stereocenters. The monoisotopic (exact) mass is 304 g/mol. The predicted molar refractivity (Wildman–Crippen MR) is 82.9 cm³/mol.